The van der Waals surface area contributed by atoms with Crippen LogP contribution in [0.1, 0.15) is 17.5 Å². The summed E-state index contributed by atoms with van der Waals surface area (Å²) < 4.78 is 5.71. The normalized spacial score (nSPS) is 16.7. The number of ketones is 1. The van der Waals surface area contributed by atoms with E-state index in [-0.39, 0.29) is 11.9 Å². The van der Waals surface area contributed by atoms with Crippen molar-refractivity contribution in [2.24, 2.45) is 0 Å². The molecule has 0 aliphatic carbocycles. The molecule has 2 aromatic rings. The van der Waals surface area contributed by atoms with Crippen molar-refractivity contribution >= 4 is 5.78 Å². The molecule has 19 heavy (non-hydrogen) atoms. The molecule has 0 N–H and O–H groups in total. The van der Waals surface area contributed by atoms with E-state index in [4.69, 9.17) is 4.74 Å². The van der Waals surface area contributed by atoms with Crippen LogP contribution in [0, 0.1) is 0 Å². The second-order valence-electron chi connectivity index (χ2n) is 4.87. The zero-order valence-electron chi connectivity index (χ0n) is 10.7. The first kappa shape index (κ1) is 12.0. The number of hydrogen-bond donors (Lipinski definition) is 0. The molecule has 1 atom stereocenters. The first-order chi connectivity index (χ1) is 9.33. The van der Waals surface area contributed by atoms with E-state index in [0.717, 1.165) is 17.7 Å². The molecule has 1 aliphatic rings. The van der Waals surface area contributed by atoms with E-state index >= 15 is 0 Å². The van der Waals surface area contributed by atoms with Gasteiger partial charge in [-0.3, -0.25) is 4.79 Å². The largest absolute Gasteiger partial charge is 0.482 e. The highest BCUT2D eigenvalue weighted by molar-refractivity contribution is 5.84. The zero-order valence-corrected chi connectivity index (χ0v) is 10.7. The molecule has 1 aliphatic heterocycles. The molecule has 0 saturated heterocycles. The molecule has 96 valence electrons. The van der Waals surface area contributed by atoms with Crippen LogP contribution < -0.4 is 4.74 Å². The molecule has 0 saturated carbocycles. The van der Waals surface area contributed by atoms with E-state index < -0.39 is 0 Å². The fourth-order valence-electron chi connectivity index (χ4n) is 2.43. The first-order valence-corrected chi connectivity index (χ1v) is 6.64. The van der Waals surface area contributed by atoms with Gasteiger partial charge >= 0.3 is 0 Å². The summed E-state index contributed by atoms with van der Waals surface area (Å²) in [5, 5.41) is 0. The van der Waals surface area contributed by atoms with E-state index in [1.54, 1.807) is 0 Å². The van der Waals surface area contributed by atoms with Gasteiger partial charge in [0.05, 0.1) is 0 Å². The molecule has 3 rings (SSSR count). The van der Waals surface area contributed by atoms with Crippen LogP contribution in [0.3, 0.4) is 0 Å². The molecule has 0 bridgehead atoms. The molecule has 1 unspecified atom stereocenters. The maximum atomic E-state index is 12.2. The number of aryl methyl sites for hydroxylation is 1. The average Bonchev–Trinajstić information content (AvgIpc) is 2.90. The van der Waals surface area contributed by atoms with Gasteiger partial charge in [0, 0.05) is 12.8 Å². The second kappa shape index (κ2) is 5.27. The Morgan fingerprint density at radius 2 is 1.79 bits per heavy atom. The van der Waals surface area contributed by atoms with Crippen molar-refractivity contribution in [2.45, 2.75) is 25.4 Å². The minimum absolute atomic E-state index is 0.194. The number of fused-ring (bicyclic) bond motifs is 1. The standard InChI is InChI=1S/C17H16O2/c18-15(11-10-13-6-2-1-3-7-13)17-12-14-8-4-5-9-16(14)19-17/h1-9,17H,10-12H2. The molecule has 2 aromatic carbocycles. The van der Waals surface area contributed by atoms with Crippen LogP contribution in [0.15, 0.2) is 54.6 Å². The van der Waals surface area contributed by atoms with Gasteiger partial charge in [0.15, 0.2) is 11.9 Å². The van der Waals surface area contributed by atoms with Crippen molar-refractivity contribution in [2.75, 3.05) is 0 Å². The Balaban J connectivity index is 1.58. The monoisotopic (exact) mass is 252 g/mol. The summed E-state index contributed by atoms with van der Waals surface area (Å²) in [6.07, 6.45) is 1.75. The van der Waals surface area contributed by atoms with Crippen LogP contribution >= 0.6 is 0 Å². The molecular formula is C17H16O2. The topological polar surface area (TPSA) is 26.3 Å². The summed E-state index contributed by atoms with van der Waals surface area (Å²) in [7, 11) is 0. The molecule has 0 amide bonds. The number of hydrogen-bond acceptors (Lipinski definition) is 2. The van der Waals surface area contributed by atoms with Gasteiger partial charge in [0.2, 0.25) is 0 Å². The van der Waals surface area contributed by atoms with Crippen molar-refractivity contribution in [3.8, 4) is 5.75 Å². The van der Waals surface area contributed by atoms with Crippen molar-refractivity contribution in [1.29, 1.82) is 0 Å². The van der Waals surface area contributed by atoms with Gasteiger partial charge in [-0.05, 0) is 23.6 Å². The number of Topliss-reactive ketones (excluding diaryl/α,β-unsaturated/α-hetero) is 1. The van der Waals surface area contributed by atoms with Gasteiger partial charge in [-0.1, -0.05) is 48.5 Å². The lowest BCUT2D eigenvalue weighted by molar-refractivity contribution is -0.125. The van der Waals surface area contributed by atoms with Gasteiger partial charge in [-0.2, -0.15) is 0 Å². The predicted octanol–water partition coefficient (Wildman–Crippen LogP) is 3.19. The zero-order chi connectivity index (χ0) is 13.1. The molecule has 0 spiro atoms. The van der Waals surface area contributed by atoms with Crippen LogP contribution in [0.2, 0.25) is 0 Å². The van der Waals surface area contributed by atoms with Crippen molar-refractivity contribution < 1.29 is 9.53 Å². The van der Waals surface area contributed by atoms with Crippen molar-refractivity contribution in [3.05, 3.63) is 65.7 Å². The maximum Gasteiger partial charge on any atom is 0.173 e. The quantitative estimate of drug-likeness (QED) is 0.835. The lowest BCUT2D eigenvalue weighted by Crippen LogP contribution is -2.25. The van der Waals surface area contributed by atoms with Crippen LogP contribution in [-0.2, 0) is 17.6 Å². The third kappa shape index (κ3) is 2.68. The van der Waals surface area contributed by atoms with Gasteiger partial charge in [-0.15, -0.1) is 0 Å². The van der Waals surface area contributed by atoms with Crippen LogP contribution in [0.25, 0.3) is 0 Å². The lowest BCUT2D eigenvalue weighted by atomic mass is 10.0. The van der Waals surface area contributed by atoms with E-state index in [1.165, 1.54) is 5.56 Å². The Morgan fingerprint density at radius 3 is 2.58 bits per heavy atom. The average molecular weight is 252 g/mol. The molecule has 1 heterocycles. The predicted molar refractivity (Wildman–Crippen MR) is 74.3 cm³/mol. The number of benzene rings is 2. The molecule has 0 fully saturated rings. The molecular weight excluding hydrogens is 236 g/mol. The van der Waals surface area contributed by atoms with E-state index in [0.29, 0.717) is 12.8 Å². The van der Waals surface area contributed by atoms with E-state index in [9.17, 15) is 4.79 Å². The number of carbonyl (C=O) groups is 1. The Labute approximate surface area is 113 Å². The minimum atomic E-state index is -0.291. The summed E-state index contributed by atoms with van der Waals surface area (Å²) >= 11 is 0. The fraction of sp³-hybridized carbons (Fsp3) is 0.235. The van der Waals surface area contributed by atoms with E-state index in [1.807, 2.05) is 42.5 Å². The Hall–Kier alpha value is -2.09. The Morgan fingerprint density at radius 1 is 1.05 bits per heavy atom. The number of carbonyl (C=O) groups excluding carboxylic acids is 1. The van der Waals surface area contributed by atoms with Gasteiger partial charge in [-0.25, -0.2) is 0 Å². The highest BCUT2D eigenvalue weighted by atomic mass is 16.5. The smallest absolute Gasteiger partial charge is 0.173 e. The Bertz CT molecular complexity index is 550. The van der Waals surface area contributed by atoms with Gasteiger partial charge in [0.25, 0.3) is 0 Å². The van der Waals surface area contributed by atoms with Crippen LogP contribution in [-0.4, -0.2) is 11.9 Å². The first-order valence-electron chi connectivity index (χ1n) is 6.64. The SMILES string of the molecule is O=C(CCc1ccccc1)C1Cc2ccccc2O1. The van der Waals surface area contributed by atoms with E-state index in [2.05, 4.69) is 12.1 Å². The summed E-state index contributed by atoms with van der Waals surface area (Å²) in [5.41, 5.74) is 2.34. The highest BCUT2D eigenvalue weighted by Crippen LogP contribution is 2.29. The van der Waals surface area contributed by atoms with Crippen molar-refractivity contribution in [1.82, 2.24) is 0 Å². The summed E-state index contributed by atoms with van der Waals surface area (Å²) in [4.78, 5) is 12.2. The molecule has 2 nitrogen and oxygen atoms in total. The molecule has 2 heteroatoms. The van der Waals surface area contributed by atoms with Gasteiger partial charge in [0.1, 0.15) is 5.75 Å². The third-order valence-electron chi connectivity index (χ3n) is 3.51. The number of ether oxygens (including phenoxy) is 1. The Kier molecular flexibility index (Phi) is 3.32. The van der Waals surface area contributed by atoms with Crippen LogP contribution in [0.5, 0.6) is 5.75 Å². The van der Waals surface area contributed by atoms with Gasteiger partial charge < -0.3 is 4.74 Å². The number of rotatable bonds is 4. The molecule has 0 aromatic heterocycles. The minimum Gasteiger partial charge on any atom is -0.482 e. The fourth-order valence-corrected chi connectivity index (χ4v) is 2.43. The number of para-hydroxylation sites is 1. The molecule has 0 radical (unpaired) electrons. The maximum absolute atomic E-state index is 12.2. The summed E-state index contributed by atoms with van der Waals surface area (Å²) in [6.45, 7) is 0. The van der Waals surface area contributed by atoms with Crippen molar-refractivity contribution in [3.63, 3.8) is 0 Å². The third-order valence-corrected chi connectivity index (χ3v) is 3.51. The summed E-state index contributed by atoms with van der Waals surface area (Å²) in [6, 6.07) is 18.0. The summed E-state index contributed by atoms with van der Waals surface area (Å²) in [5.74, 6) is 1.06. The van der Waals surface area contributed by atoms with Crippen LogP contribution in [0.4, 0.5) is 0 Å². The second-order valence-corrected chi connectivity index (χ2v) is 4.87. The lowest BCUT2D eigenvalue weighted by Gasteiger charge is -2.09. The highest BCUT2D eigenvalue weighted by Gasteiger charge is 2.27.